The zero-order valence-electron chi connectivity index (χ0n) is 8.53. The second-order valence-corrected chi connectivity index (χ2v) is 6.97. The highest BCUT2D eigenvalue weighted by molar-refractivity contribution is 8.07. The van der Waals surface area contributed by atoms with Crippen molar-refractivity contribution >= 4 is 41.1 Å². The minimum atomic E-state index is -0.546. The molecule has 4 atom stereocenters. The van der Waals surface area contributed by atoms with Gasteiger partial charge in [0.2, 0.25) is 0 Å². The van der Waals surface area contributed by atoms with Gasteiger partial charge < -0.3 is 4.74 Å². The maximum Gasteiger partial charge on any atom is 0.324 e. The van der Waals surface area contributed by atoms with Crippen molar-refractivity contribution < 1.29 is 9.53 Å². The maximum absolute atomic E-state index is 11.2. The van der Waals surface area contributed by atoms with Crippen molar-refractivity contribution in [1.82, 2.24) is 0 Å². The van der Waals surface area contributed by atoms with Crippen LogP contribution in [-0.4, -0.2) is 33.0 Å². The third-order valence-corrected chi connectivity index (χ3v) is 5.49. The number of hydrogen-bond donors (Lipinski definition) is 0. The van der Waals surface area contributed by atoms with Gasteiger partial charge in [-0.3, -0.25) is 4.79 Å². The number of halogens is 1. The number of esters is 1. The van der Waals surface area contributed by atoms with E-state index in [1.54, 1.807) is 18.7 Å². The van der Waals surface area contributed by atoms with E-state index in [0.717, 1.165) is 5.75 Å². The zero-order valence-corrected chi connectivity index (χ0v) is 10.9. The fourth-order valence-electron chi connectivity index (χ4n) is 1.04. The normalized spacial score (nSPS) is 35.0. The summed E-state index contributed by atoms with van der Waals surface area (Å²) >= 11 is 9.19. The second kappa shape index (κ2) is 5.52. The Labute approximate surface area is 98.5 Å². The summed E-state index contributed by atoms with van der Waals surface area (Å²) in [5.41, 5.74) is -0.0279. The average Bonchev–Trinajstić information content (AvgIpc) is 2.11. The molecule has 0 aromatic heterocycles. The first-order valence-corrected chi connectivity index (χ1v) is 7.05. The van der Waals surface area contributed by atoms with Crippen LogP contribution in [0.25, 0.3) is 0 Å². The lowest BCUT2D eigenvalue weighted by Crippen LogP contribution is -2.31. The molecule has 14 heavy (non-hydrogen) atoms. The monoisotopic (exact) mass is 254 g/mol. The van der Waals surface area contributed by atoms with E-state index in [9.17, 15) is 4.79 Å². The lowest BCUT2D eigenvalue weighted by atomic mass is 10.4. The van der Waals surface area contributed by atoms with E-state index < -0.39 is 5.38 Å². The van der Waals surface area contributed by atoms with Crippen molar-refractivity contribution in [3.8, 4) is 0 Å². The maximum atomic E-state index is 11.2. The molecule has 1 saturated heterocycles. The Bertz CT molecular complexity index is 211. The van der Waals surface area contributed by atoms with Crippen LogP contribution in [0.1, 0.15) is 20.8 Å². The van der Waals surface area contributed by atoms with Crippen molar-refractivity contribution in [2.24, 2.45) is 0 Å². The molecule has 0 aromatic carbocycles. The van der Waals surface area contributed by atoms with Gasteiger partial charge in [-0.25, -0.2) is 0 Å². The van der Waals surface area contributed by atoms with Gasteiger partial charge in [-0.2, -0.15) is 11.8 Å². The Balaban J connectivity index is 2.37. The summed E-state index contributed by atoms with van der Waals surface area (Å²) in [6.07, 6.45) is 0. The average molecular weight is 255 g/mol. The summed E-state index contributed by atoms with van der Waals surface area (Å²) in [4.78, 5) is 11.2. The van der Waals surface area contributed by atoms with Crippen molar-refractivity contribution in [2.75, 3.05) is 5.75 Å². The minimum absolute atomic E-state index is 0.0279. The molecule has 1 rings (SSSR count). The number of carbonyl (C=O) groups is 1. The molecule has 0 amide bonds. The Morgan fingerprint density at radius 1 is 1.50 bits per heavy atom. The fraction of sp³-hybridized carbons (Fsp3) is 0.889. The van der Waals surface area contributed by atoms with Gasteiger partial charge in [0, 0.05) is 16.3 Å². The van der Waals surface area contributed by atoms with E-state index in [2.05, 4.69) is 13.8 Å². The quantitative estimate of drug-likeness (QED) is 0.559. The third-order valence-electron chi connectivity index (χ3n) is 2.10. The van der Waals surface area contributed by atoms with E-state index >= 15 is 0 Å². The molecule has 0 aliphatic carbocycles. The number of thioether (sulfide) groups is 2. The smallest absolute Gasteiger partial charge is 0.324 e. The molecule has 0 radical (unpaired) electrons. The first-order valence-electron chi connectivity index (χ1n) is 4.62. The van der Waals surface area contributed by atoms with Gasteiger partial charge >= 0.3 is 5.97 Å². The Morgan fingerprint density at radius 2 is 2.14 bits per heavy atom. The molecule has 0 spiro atoms. The molecule has 0 saturated carbocycles. The van der Waals surface area contributed by atoms with Crippen molar-refractivity contribution in [3.63, 3.8) is 0 Å². The molecule has 82 valence electrons. The van der Waals surface area contributed by atoms with E-state index in [0.29, 0.717) is 10.5 Å². The van der Waals surface area contributed by atoms with Gasteiger partial charge in [-0.1, -0.05) is 13.8 Å². The van der Waals surface area contributed by atoms with Crippen LogP contribution in [0.15, 0.2) is 0 Å². The number of carbonyl (C=O) groups excluding carboxylic acids is 1. The Kier molecular flexibility index (Phi) is 4.94. The Morgan fingerprint density at radius 3 is 2.64 bits per heavy atom. The van der Waals surface area contributed by atoms with Gasteiger partial charge in [0.15, 0.2) is 5.44 Å². The van der Waals surface area contributed by atoms with Crippen molar-refractivity contribution in [2.45, 2.75) is 42.1 Å². The summed E-state index contributed by atoms with van der Waals surface area (Å²) in [5, 5.41) is 0.607. The first kappa shape index (κ1) is 12.5. The van der Waals surface area contributed by atoms with Crippen LogP contribution in [0.4, 0.5) is 0 Å². The second-order valence-electron chi connectivity index (χ2n) is 3.36. The molecular weight excluding hydrogens is 240 g/mol. The van der Waals surface area contributed by atoms with Crippen LogP contribution < -0.4 is 0 Å². The predicted octanol–water partition coefficient (Wildman–Crippen LogP) is 2.74. The molecule has 1 aliphatic heterocycles. The topological polar surface area (TPSA) is 26.3 Å². The predicted molar refractivity (Wildman–Crippen MR) is 64.2 cm³/mol. The number of hydrogen-bond acceptors (Lipinski definition) is 4. The molecule has 4 unspecified atom stereocenters. The van der Waals surface area contributed by atoms with Crippen LogP contribution in [0.5, 0.6) is 0 Å². The number of ether oxygens (including phenoxy) is 1. The van der Waals surface area contributed by atoms with E-state index in [1.807, 2.05) is 11.8 Å². The Hall–Kier alpha value is 0.460. The van der Waals surface area contributed by atoms with Crippen LogP contribution in [0.2, 0.25) is 0 Å². The van der Waals surface area contributed by atoms with Crippen LogP contribution in [0.3, 0.4) is 0 Å². The zero-order chi connectivity index (χ0) is 10.7. The molecular formula is C9H15ClO2S2. The van der Waals surface area contributed by atoms with Crippen LogP contribution in [0, 0.1) is 0 Å². The molecule has 2 nitrogen and oxygen atoms in total. The number of rotatable bonds is 2. The molecule has 1 aliphatic rings. The molecule has 1 fully saturated rings. The van der Waals surface area contributed by atoms with E-state index in [-0.39, 0.29) is 11.4 Å². The summed E-state index contributed by atoms with van der Waals surface area (Å²) in [5.74, 6) is 0.553. The molecule has 0 bridgehead atoms. The van der Waals surface area contributed by atoms with Gasteiger partial charge in [0.25, 0.3) is 0 Å². The lowest BCUT2D eigenvalue weighted by molar-refractivity contribution is -0.143. The van der Waals surface area contributed by atoms with Gasteiger partial charge in [0.1, 0.15) is 5.38 Å². The standard InChI is InChI=1S/C9H15ClO2S2/c1-5(10)9(11)12-8-4-13-6(2)7(3)14-8/h5-8H,4H2,1-3H3. The van der Waals surface area contributed by atoms with E-state index in [4.69, 9.17) is 16.3 Å². The fourth-order valence-corrected chi connectivity index (χ4v) is 3.72. The lowest BCUT2D eigenvalue weighted by Gasteiger charge is -2.30. The number of alkyl halides is 1. The van der Waals surface area contributed by atoms with Crippen LogP contribution >= 0.6 is 35.1 Å². The van der Waals surface area contributed by atoms with Gasteiger partial charge in [0.05, 0.1) is 0 Å². The summed E-state index contributed by atoms with van der Waals surface area (Å²) in [6.45, 7) is 5.99. The summed E-state index contributed by atoms with van der Waals surface area (Å²) in [7, 11) is 0. The van der Waals surface area contributed by atoms with Crippen LogP contribution in [-0.2, 0) is 9.53 Å². The highest BCUT2D eigenvalue weighted by Crippen LogP contribution is 2.36. The summed E-state index contributed by atoms with van der Waals surface area (Å²) in [6, 6.07) is 0. The first-order chi connectivity index (χ1) is 6.50. The molecule has 1 heterocycles. The molecule has 5 heteroatoms. The SMILES string of the molecule is CC(Cl)C(=O)OC1CSC(C)C(C)S1. The third kappa shape index (κ3) is 3.55. The highest BCUT2D eigenvalue weighted by Gasteiger charge is 2.28. The van der Waals surface area contributed by atoms with E-state index in [1.165, 1.54) is 0 Å². The summed E-state index contributed by atoms with van der Waals surface area (Å²) < 4.78 is 5.24. The van der Waals surface area contributed by atoms with Crippen molar-refractivity contribution in [3.05, 3.63) is 0 Å². The van der Waals surface area contributed by atoms with Crippen molar-refractivity contribution in [1.29, 1.82) is 0 Å². The molecule has 0 aromatic rings. The largest absolute Gasteiger partial charge is 0.449 e. The minimum Gasteiger partial charge on any atom is -0.449 e. The molecule has 0 N–H and O–H groups in total. The van der Waals surface area contributed by atoms with Gasteiger partial charge in [-0.05, 0) is 6.92 Å². The van der Waals surface area contributed by atoms with Gasteiger partial charge in [-0.15, -0.1) is 23.4 Å². The highest BCUT2D eigenvalue weighted by atomic mass is 35.5.